The summed E-state index contributed by atoms with van der Waals surface area (Å²) in [6, 6.07) is 3.43. The summed E-state index contributed by atoms with van der Waals surface area (Å²) in [6.45, 7) is 1.15. The summed E-state index contributed by atoms with van der Waals surface area (Å²) in [7, 11) is 0. The van der Waals surface area contributed by atoms with Crippen LogP contribution < -0.4 is 4.74 Å². The van der Waals surface area contributed by atoms with Crippen molar-refractivity contribution in [3.8, 4) is 5.75 Å². The topological polar surface area (TPSA) is 81.4 Å². The van der Waals surface area contributed by atoms with Crippen LogP contribution in [-0.2, 0) is 0 Å². The third kappa shape index (κ3) is 4.03. The summed E-state index contributed by atoms with van der Waals surface area (Å²) >= 11 is 6.24. The molecule has 1 aliphatic heterocycles. The van der Waals surface area contributed by atoms with E-state index in [1.54, 1.807) is 23.2 Å². The molecule has 3 heterocycles. The first kappa shape index (κ1) is 17.7. The third-order valence-corrected chi connectivity index (χ3v) is 5.07. The van der Waals surface area contributed by atoms with Gasteiger partial charge in [-0.25, -0.2) is 4.79 Å². The quantitative estimate of drug-likeness (QED) is 0.788. The van der Waals surface area contributed by atoms with E-state index in [9.17, 15) is 4.79 Å². The normalized spacial score (nSPS) is 18.0. The Bertz CT molecular complexity index is 870. The largest absolute Gasteiger partial charge is 0.420 e. The molecule has 1 aliphatic carbocycles. The van der Waals surface area contributed by atoms with Crippen molar-refractivity contribution >= 4 is 23.3 Å². The Morgan fingerprint density at radius 3 is 2.78 bits per heavy atom. The van der Waals surface area contributed by atoms with Gasteiger partial charge in [0, 0.05) is 30.2 Å². The van der Waals surface area contributed by atoms with Gasteiger partial charge in [-0.1, -0.05) is 23.8 Å². The molecular weight excluding hydrogens is 368 g/mol. The van der Waals surface area contributed by atoms with Gasteiger partial charge in [0.1, 0.15) is 0 Å². The smallest absolute Gasteiger partial charge is 0.415 e. The molecule has 1 fully saturated rings. The number of aromatic nitrogens is 3. The standard InChI is InChI=1S/C19H19ClN4O3/c20-16-6-2-1-5-15(16)18-23-22-17(27-18)13-7-10-24(11-8-13)19(25)26-14-4-3-9-21-12-14/h3-6,9,12-13H,1-2,7-8,10-11H2. The zero-order valence-corrected chi connectivity index (χ0v) is 15.4. The summed E-state index contributed by atoms with van der Waals surface area (Å²) in [4.78, 5) is 17.9. The first-order chi connectivity index (χ1) is 13.2. The van der Waals surface area contributed by atoms with Crippen LogP contribution in [0, 0.1) is 0 Å². The van der Waals surface area contributed by atoms with Crippen molar-refractivity contribution in [2.24, 2.45) is 0 Å². The monoisotopic (exact) mass is 386 g/mol. The van der Waals surface area contributed by atoms with Gasteiger partial charge >= 0.3 is 6.09 Å². The molecule has 0 radical (unpaired) electrons. The SMILES string of the molecule is O=C(Oc1cccnc1)N1CCC(c2nnc(C3=CCCC=C3Cl)o2)CC1. The Hall–Kier alpha value is -2.67. The van der Waals surface area contributed by atoms with Crippen molar-refractivity contribution in [3.63, 3.8) is 0 Å². The number of amides is 1. The van der Waals surface area contributed by atoms with E-state index in [1.165, 1.54) is 6.20 Å². The highest BCUT2D eigenvalue weighted by atomic mass is 35.5. The van der Waals surface area contributed by atoms with Crippen LogP contribution in [0.2, 0.25) is 0 Å². The second-order valence-corrected chi connectivity index (χ2v) is 6.92. The van der Waals surface area contributed by atoms with Gasteiger partial charge in [0.25, 0.3) is 0 Å². The molecule has 1 amide bonds. The van der Waals surface area contributed by atoms with E-state index in [0.717, 1.165) is 31.3 Å². The molecular formula is C19H19ClN4O3. The molecule has 0 N–H and O–H groups in total. The number of carbonyl (C=O) groups is 1. The highest BCUT2D eigenvalue weighted by Crippen LogP contribution is 2.33. The van der Waals surface area contributed by atoms with Crippen LogP contribution >= 0.6 is 11.6 Å². The van der Waals surface area contributed by atoms with Crippen molar-refractivity contribution in [3.05, 3.63) is 53.5 Å². The van der Waals surface area contributed by atoms with Crippen LogP contribution in [0.5, 0.6) is 5.75 Å². The van der Waals surface area contributed by atoms with Crippen molar-refractivity contribution in [2.45, 2.75) is 31.6 Å². The second kappa shape index (κ2) is 7.92. The lowest BCUT2D eigenvalue weighted by atomic mass is 9.97. The maximum Gasteiger partial charge on any atom is 0.415 e. The third-order valence-electron chi connectivity index (χ3n) is 4.71. The number of ether oxygens (including phenoxy) is 1. The van der Waals surface area contributed by atoms with Gasteiger partial charge in [0.2, 0.25) is 11.8 Å². The van der Waals surface area contributed by atoms with E-state index in [-0.39, 0.29) is 12.0 Å². The Morgan fingerprint density at radius 1 is 1.22 bits per heavy atom. The van der Waals surface area contributed by atoms with Crippen LogP contribution in [0.3, 0.4) is 0 Å². The fraction of sp³-hybridized carbons (Fsp3) is 0.368. The highest BCUT2D eigenvalue weighted by molar-refractivity contribution is 6.36. The summed E-state index contributed by atoms with van der Waals surface area (Å²) in [5.74, 6) is 1.63. The fourth-order valence-corrected chi connectivity index (χ4v) is 3.49. The van der Waals surface area contributed by atoms with Gasteiger partial charge < -0.3 is 14.1 Å². The van der Waals surface area contributed by atoms with E-state index in [0.29, 0.717) is 35.7 Å². The highest BCUT2D eigenvalue weighted by Gasteiger charge is 2.29. The molecule has 2 aromatic heterocycles. The number of hydrogen-bond acceptors (Lipinski definition) is 6. The molecule has 0 unspecified atom stereocenters. The lowest BCUT2D eigenvalue weighted by molar-refractivity contribution is 0.136. The number of pyridine rings is 1. The average molecular weight is 387 g/mol. The zero-order chi connectivity index (χ0) is 18.6. The predicted octanol–water partition coefficient (Wildman–Crippen LogP) is 4.14. The number of rotatable bonds is 3. The van der Waals surface area contributed by atoms with Crippen LogP contribution in [0.15, 0.2) is 46.1 Å². The van der Waals surface area contributed by atoms with Gasteiger partial charge in [-0.15, -0.1) is 10.2 Å². The number of hydrogen-bond donors (Lipinski definition) is 0. The van der Waals surface area contributed by atoms with Crippen molar-refractivity contribution in [2.75, 3.05) is 13.1 Å². The Labute approximate surface area is 161 Å². The van der Waals surface area contributed by atoms with Crippen molar-refractivity contribution < 1.29 is 13.9 Å². The molecule has 0 bridgehead atoms. The molecule has 1 saturated heterocycles. The van der Waals surface area contributed by atoms with Crippen LogP contribution in [-0.4, -0.2) is 39.3 Å². The minimum atomic E-state index is -0.364. The molecule has 2 aliphatic rings. The molecule has 7 nitrogen and oxygen atoms in total. The van der Waals surface area contributed by atoms with Gasteiger partial charge in [-0.05, 0) is 37.8 Å². The molecule has 27 heavy (non-hydrogen) atoms. The van der Waals surface area contributed by atoms with Crippen LogP contribution in [0.1, 0.15) is 43.4 Å². The van der Waals surface area contributed by atoms with E-state index in [4.69, 9.17) is 20.8 Å². The average Bonchev–Trinajstić information content (AvgIpc) is 3.19. The Morgan fingerprint density at radius 2 is 2.04 bits per heavy atom. The Kier molecular flexibility index (Phi) is 5.20. The zero-order valence-electron chi connectivity index (χ0n) is 14.7. The van der Waals surface area contributed by atoms with Gasteiger partial charge in [0.05, 0.1) is 11.8 Å². The number of likely N-dealkylation sites (tertiary alicyclic amines) is 1. The Balaban J connectivity index is 1.35. The predicted molar refractivity (Wildman–Crippen MR) is 99.3 cm³/mol. The fourth-order valence-electron chi connectivity index (χ4n) is 3.22. The van der Waals surface area contributed by atoms with Crippen LogP contribution in [0.25, 0.3) is 5.57 Å². The number of halogens is 1. The minimum Gasteiger partial charge on any atom is -0.420 e. The molecule has 4 rings (SSSR count). The number of piperidine rings is 1. The minimum absolute atomic E-state index is 0.126. The summed E-state index contributed by atoms with van der Waals surface area (Å²) in [5, 5.41) is 9.01. The molecule has 8 heteroatoms. The molecule has 0 atom stereocenters. The molecule has 0 aromatic carbocycles. The molecule has 2 aromatic rings. The molecule has 140 valence electrons. The van der Waals surface area contributed by atoms with Crippen LogP contribution in [0.4, 0.5) is 4.79 Å². The van der Waals surface area contributed by atoms with Gasteiger partial charge in [-0.3, -0.25) is 4.98 Å². The molecule has 0 saturated carbocycles. The maximum atomic E-state index is 12.3. The second-order valence-electron chi connectivity index (χ2n) is 6.51. The van der Waals surface area contributed by atoms with E-state index in [2.05, 4.69) is 15.2 Å². The lowest BCUT2D eigenvalue weighted by Crippen LogP contribution is -2.39. The number of nitrogens with zero attached hydrogens (tertiary/aromatic N) is 4. The first-order valence-electron chi connectivity index (χ1n) is 8.97. The van der Waals surface area contributed by atoms with Gasteiger partial charge in [-0.2, -0.15) is 0 Å². The van der Waals surface area contributed by atoms with Gasteiger partial charge in [0.15, 0.2) is 5.75 Å². The summed E-state index contributed by atoms with van der Waals surface area (Å²) < 4.78 is 11.2. The van der Waals surface area contributed by atoms with E-state index < -0.39 is 0 Å². The van der Waals surface area contributed by atoms with Crippen molar-refractivity contribution in [1.82, 2.24) is 20.1 Å². The summed E-state index contributed by atoms with van der Waals surface area (Å²) in [6.07, 6.45) is 10.1. The summed E-state index contributed by atoms with van der Waals surface area (Å²) in [5.41, 5.74) is 0.805. The van der Waals surface area contributed by atoms with E-state index in [1.807, 2.05) is 12.2 Å². The first-order valence-corrected chi connectivity index (χ1v) is 9.35. The van der Waals surface area contributed by atoms with Crippen molar-refractivity contribution in [1.29, 1.82) is 0 Å². The molecule has 0 spiro atoms. The van der Waals surface area contributed by atoms with E-state index >= 15 is 0 Å². The lowest BCUT2D eigenvalue weighted by Gasteiger charge is -2.29. The number of allylic oxidation sites excluding steroid dienone is 4. The number of carbonyl (C=O) groups excluding carboxylic acids is 1. The maximum absolute atomic E-state index is 12.3.